The molecule has 1 saturated carbocycles. The van der Waals surface area contributed by atoms with Crippen molar-refractivity contribution < 1.29 is 14.3 Å². The Hall–Kier alpha value is -1.32. The van der Waals surface area contributed by atoms with Gasteiger partial charge in [-0.3, -0.25) is 9.59 Å². The number of rotatable bonds is 4. The van der Waals surface area contributed by atoms with Crippen LogP contribution in [0, 0.1) is 17.3 Å². The summed E-state index contributed by atoms with van der Waals surface area (Å²) in [6.07, 6.45) is 2.41. The molecule has 0 radical (unpaired) electrons. The number of carbonyl (C=O) groups is 2. The minimum atomic E-state index is -0.315. The molecular weight excluding hydrogens is 299 g/mol. The van der Waals surface area contributed by atoms with E-state index >= 15 is 0 Å². The van der Waals surface area contributed by atoms with E-state index in [1.807, 2.05) is 13.8 Å². The monoisotopic (exact) mass is 312 g/mol. The first-order valence-electron chi connectivity index (χ1n) is 6.16. The Morgan fingerprint density at radius 3 is 2.35 bits per heavy atom. The molecule has 0 amide bonds. The molecule has 0 spiro atoms. The Bertz CT molecular complexity index is 557. The van der Waals surface area contributed by atoms with E-state index in [-0.39, 0.29) is 27.7 Å². The fourth-order valence-electron chi connectivity index (χ4n) is 2.37. The number of allylic oxidation sites excluding steroid dienone is 1. The summed E-state index contributed by atoms with van der Waals surface area (Å²) in [5, 5.41) is 0. The first-order valence-corrected chi connectivity index (χ1v) is 6.91. The van der Waals surface area contributed by atoms with Crippen LogP contribution >= 0.6 is 23.2 Å². The van der Waals surface area contributed by atoms with Crippen LogP contribution in [0.4, 0.5) is 0 Å². The molecule has 5 heteroatoms. The lowest BCUT2D eigenvalue weighted by atomic mass is 10.1. The largest absolute Gasteiger partial charge is 0.426 e. The van der Waals surface area contributed by atoms with E-state index < -0.39 is 0 Å². The van der Waals surface area contributed by atoms with Gasteiger partial charge in [-0.2, -0.15) is 0 Å². The number of benzene rings is 1. The summed E-state index contributed by atoms with van der Waals surface area (Å²) in [5.74, 6) is -0.178. The zero-order valence-corrected chi connectivity index (χ0v) is 12.6. The number of ether oxygens (including phenoxy) is 1. The van der Waals surface area contributed by atoms with Gasteiger partial charge in [-0.25, -0.2) is 0 Å². The van der Waals surface area contributed by atoms with Crippen molar-refractivity contribution >= 4 is 35.5 Å². The third kappa shape index (κ3) is 3.05. The van der Waals surface area contributed by atoms with Crippen LogP contribution in [0.2, 0.25) is 0 Å². The van der Waals surface area contributed by atoms with Crippen LogP contribution in [0.3, 0.4) is 0 Å². The Kier molecular flexibility index (Phi) is 4.21. The van der Waals surface area contributed by atoms with E-state index in [2.05, 4.69) is 0 Å². The first-order chi connectivity index (χ1) is 9.36. The van der Waals surface area contributed by atoms with E-state index in [0.717, 1.165) is 6.29 Å². The van der Waals surface area contributed by atoms with Crippen LogP contribution in [0.1, 0.15) is 24.2 Å². The summed E-state index contributed by atoms with van der Waals surface area (Å²) in [7, 11) is 0. The van der Waals surface area contributed by atoms with Crippen molar-refractivity contribution in [3.05, 3.63) is 40.4 Å². The zero-order chi connectivity index (χ0) is 14.9. The van der Waals surface area contributed by atoms with Gasteiger partial charge in [-0.05, 0) is 41.7 Å². The van der Waals surface area contributed by atoms with Crippen molar-refractivity contribution in [2.75, 3.05) is 0 Å². The standard InChI is InChI=1S/C15H14Cl2O3/c1-15(2)11(7-12(16)17)13(15)14(19)20-10-5-3-9(8-18)4-6-10/h3-8,11,13H,1-2H3/t11-,13-/m0/s1. The molecule has 1 aromatic carbocycles. The smallest absolute Gasteiger partial charge is 0.315 e. The Balaban J connectivity index is 2.05. The maximum absolute atomic E-state index is 12.1. The van der Waals surface area contributed by atoms with Gasteiger partial charge < -0.3 is 4.74 Å². The number of carbonyl (C=O) groups excluding carboxylic acids is 2. The molecule has 0 saturated heterocycles. The molecule has 0 unspecified atom stereocenters. The average Bonchev–Trinajstić information content (AvgIpc) is 2.91. The molecule has 1 aliphatic rings. The molecule has 0 heterocycles. The second-order valence-electron chi connectivity index (χ2n) is 5.39. The summed E-state index contributed by atoms with van der Waals surface area (Å²) < 4.78 is 5.48. The molecule has 3 nitrogen and oxygen atoms in total. The predicted molar refractivity (Wildman–Crippen MR) is 78.0 cm³/mol. The van der Waals surface area contributed by atoms with Crippen molar-refractivity contribution in [1.82, 2.24) is 0 Å². The fraction of sp³-hybridized carbons (Fsp3) is 0.333. The topological polar surface area (TPSA) is 43.4 Å². The third-order valence-corrected chi connectivity index (χ3v) is 3.96. The predicted octanol–water partition coefficient (Wildman–Crippen LogP) is 4.00. The van der Waals surface area contributed by atoms with Crippen LogP contribution in [0.25, 0.3) is 0 Å². The van der Waals surface area contributed by atoms with E-state index in [4.69, 9.17) is 27.9 Å². The SMILES string of the molecule is CC1(C)[C@H](C(=O)Oc2ccc(C=O)cc2)[C@@H]1C=C(Cl)Cl. The van der Waals surface area contributed by atoms with Crippen LogP contribution < -0.4 is 4.74 Å². The molecule has 2 rings (SSSR count). The molecule has 0 bridgehead atoms. The van der Waals surface area contributed by atoms with Crippen LogP contribution in [0.5, 0.6) is 5.75 Å². The summed E-state index contributed by atoms with van der Waals surface area (Å²) in [5.41, 5.74) is 0.320. The normalized spacial score (nSPS) is 22.8. The van der Waals surface area contributed by atoms with Gasteiger partial charge in [0.2, 0.25) is 0 Å². The molecular formula is C15H14Cl2O3. The maximum Gasteiger partial charge on any atom is 0.315 e. The second-order valence-corrected chi connectivity index (χ2v) is 6.40. The van der Waals surface area contributed by atoms with E-state index in [9.17, 15) is 9.59 Å². The van der Waals surface area contributed by atoms with Gasteiger partial charge in [-0.1, -0.05) is 37.0 Å². The molecule has 0 aromatic heterocycles. The van der Waals surface area contributed by atoms with Gasteiger partial charge in [0.1, 0.15) is 16.5 Å². The number of hydrogen-bond acceptors (Lipinski definition) is 3. The highest BCUT2D eigenvalue weighted by atomic mass is 35.5. The Morgan fingerprint density at radius 1 is 1.25 bits per heavy atom. The highest BCUT2D eigenvalue weighted by molar-refractivity contribution is 6.55. The Labute approximate surface area is 127 Å². The van der Waals surface area contributed by atoms with Crippen molar-refractivity contribution in [2.45, 2.75) is 13.8 Å². The van der Waals surface area contributed by atoms with E-state index in [0.29, 0.717) is 11.3 Å². The van der Waals surface area contributed by atoms with Crippen LogP contribution in [0.15, 0.2) is 34.8 Å². The third-order valence-electron chi connectivity index (χ3n) is 3.70. The van der Waals surface area contributed by atoms with E-state index in [1.165, 1.54) is 0 Å². The van der Waals surface area contributed by atoms with Gasteiger partial charge >= 0.3 is 5.97 Å². The van der Waals surface area contributed by atoms with Gasteiger partial charge in [0.05, 0.1) is 5.92 Å². The van der Waals surface area contributed by atoms with Crippen molar-refractivity contribution in [3.63, 3.8) is 0 Å². The maximum atomic E-state index is 12.1. The first kappa shape index (κ1) is 15.1. The van der Waals surface area contributed by atoms with Crippen molar-refractivity contribution in [2.24, 2.45) is 17.3 Å². The lowest BCUT2D eigenvalue weighted by Crippen LogP contribution is -2.13. The van der Waals surface area contributed by atoms with Gasteiger partial charge in [-0.15, -0.1) is 0 Å². The van der Waals surface area contributed by atoms with Crippen LogP contribution in [-0.4, -0.2) is 12.3 Å². The molecule has 0 N–H and O–H groups in total. The lowest BCUT2D eigenvalue weighted by Gasteiger charge is -2.05. The fourth-order valence-corrected chi connectivity index (χ4v) is 2.64. The lowest BCUT2D eigenvalue weighted by molar-refractivity contribution is -0.136. The number of aldehydes is 1. The second kappa shape index (κ2) is 5.58. The number of hydrogen-bond donors (Lipinski definition) is 0. The highest BCUT2D eigenvalue weighted by Gasteiger charge is 2.61. The molecule has 2 atom stereocenters. The average molecular weight is 313 g/mol. The summed E-state index contributed by atoms with van der Waals surface area (Å²) >= 11 is 11.3. The minimum Gasteiger partial charge on any atom is -0.426 e. The molecule has 1 aromatic rings. The minimum absolute atomic E-state index is 0.0192. The van der Waals surface area contributed by atoms with Gasteiger partial charge in [0.25, 0.3) is 0 Å². The van der Waals surface area contributed by atoms with Gasteiger partial charge in [0, 0.05) is 5.56 Å². The molecule has 0 aliphatic heterocycles. The summed E-state index contributed by atoms with van der Waals surface area (Å²) in [6.45, 7) is 3.93. The highest BCUT2D eigenvalue weighted by Crippen LogP contribution is 2.60. The van der Waals surface area contributed by atoms with Crippen molar-refractivity contribution in [3.8, 4) is 5.75 Å². The zero-order valence-electron chi connectivity index (χ0n) is 11.1. The van der Waals surface area contributed by atoms with E-state index in [1.54, 1.807) is 30.3 Å². The van der Waals surface area contributed by atoms with Gasteiger partial charge in [0.15, 0.2) is 0 Å². The summed E-state index contributed by atoms with van der Waals surface area (Å²) in [4.78, 5) is 22.7. The molecule has 106 valence electrons. The quantitative estimate of drug-likeness (QED) is 0.479. The number of halogens is 2. The van der Waals surface area contributed by atoms with Crippen LogP contribution in [-0.2, 0) is 4.79 Å². The molecule has 1 fully saturated rings. The van der Waals surface area contributed by atoms with Crippen molar-refractivity contribution in [1.29, 1.82) is 0 Å². The summed E-state index contributed by atoms with van der Waals surface area (Å²) in [6, 6.07) is 6.38. The molecule has 1 aliphatic carbocycles. The Morgan fingerprint density at radius 2 is 1.85 bits per heavy atom. The number of esters is 1. The molecule has 20 heavy (non-hydrogen) atoms.